The van der Waals surface area contributed by atoms with Gasteiger partial charge in [-0.05, 0) is 54.1 Å². The minimum Gasteiger partial charge on any atom is -0.480 e. The van der Waals surface area contributed by atoms with Crippen molar-refractivity contribution in [3.8, 4) is 16.8 Å². The van der Waals surface area contributed by atoms with Crippen LogP contribution >= 0.6 is 0 Å². The zero-order chi connectivity index (χ0) is 34.0. The molecule has 0 radical (unpaired) electrons. The number of aliphatic carboxylic acids is 1. The first-order valence-corrected chi connectivity index (χ1v) is 15.7. The van der Waals surface area contributed by atoms with E-state index in [2.05, 4.69) is 30.0 Å². The molecule has 0 saturated heterocycles. The van der Waals surface area contributed by atoms with Crippen molar-refractivity contribution in [3.05, 3.63) is 125 Å². The Balaban J connectivity index is 1.13. The van der Waals surface area contributed by atoms with Crippen molar-refractivity contribution in [3.63, 3.8) is 0 Å². The molecule has 4 heterocycles. The summed E-state index contributed by atoms with van der Waals surface area (Å²) in [5, 5.41) is 12.3. The standard InChI is InChI=1S/C32H25FN8O6S/c1-40-28-17-34-11-10-25(28)31(43)41(40)23-6-2-19(3-7-23)12-27(32(44)45)38-30(42)24-8-5-22(13-26(24)33)39-48(46,47)29-9-4-20(16-37-29)21-14-35-18-36-15-21/h2-11,13-18,27,39H,12H2,1H3,(H,38,42)(H,44,45)/t27-/m0/s1. The first kappa shape index (κ1) is 31.7. The monoisotopic (exact) mass is 668 g/mol. The van der Waals surface area contributed by atoms with Gasteiger partial charge in [0.2, 0.25) is 0 Å². The van der Waals surface area contributed by atoms with Gasteiger partial charge in [-0.25, -0.2) is 28.8 Å². The minimum absolute atomic E-state index is 0.141. The van der Waals surface area contributed by atoms with E-state index in [0.717, 1.165) is 12.1 Å². The lowest BCUT2D eigenvalue weighted by Crippen LogP contribution is -2.42. The average Bonchev–Trinajstić information content (AvgIpc) is 3.34. The number of carbonyl (C=O) groups excluding carboxylic acids is 1. The lowest BCUT2D eigenvalue weighted by Gasteiger charge is -2.16. The molecule has 4 aromatic heterocycles. The SMILES string of the molecule is Cn1c2cnccc2c(=O)n1-c1ccc(C[C@H](NC(=O)c2ccc(NS(=O)(=O)c3ccc(-c4cncnc4)cn3)cc2F)C(=O)O)cc1. The van der Waals surface area contributed by atoms with Crippen LogP contribution in [0.25, 0.3) is 27.7 Å². The molecule has 2 aromatic carbocycles. The molecular weight excluding hydrogens is 643 g/mol. The summed E-state index contributed by atoms with van der Waals surface area (Å²) in [5.74, 6) is -3.44. The second-order valence-electron chi connectivity index (χ2n) is 10.6. The van der Waals surface area contributed by atoms with Crippen LogP contribution in [0.15, 0.2) is 108 Å². The Kier molecular flexibility index (Phi) is 8.47. The number of anilines is 1. The van der Waals surface area contributed by atoms with E-state index in [1.807, 2.05) is 0 Å². The number of carbonyl (C=O) groups is 2. The molecule has 1 amide bonds. The molecule has 0 unspecified atom stereocenters. The highest BCUT2D eigenvalue weighted by atomic mass is 32.2. The van der Waals surface area contributed by atoms with Gasteiger partial charge >= 0.3 is 5.97 Å². The molecule has 14 nitrogen and oxygen atoms in total. The zero-order valence-corrected chi connectivity index (χ0v) is 25.8. The third-order valence-corrected chi connectivity index (χ3v) is 8.76. The minimum atomic E-state index is -4.22. The fourth-order valence-electron chi connectivity index (χ4n) is 5.05. The summed E-state index contributed by atoms with van der Waals surface area (Å²) < 4.78 is 46.1. The number of sulfonamides is 1. The molecule has 0 aliphatic rings. The van der Waals surface area contributed by atoms with Crippen LogP contribution in [0.4, 0.5) is 10.1 Å². The number of pyridine rings is 2. The number of carboxylic acid groups (broad SMARTS) is 1. The lowest BCUT2D eigenvalue weighted by atomic mass is 10.0. The molecule has 242 valence electrons. The van der Waals surface area contributed by atoms with Crippen molar-refractivity contribution in [2.75, 3.05) is 4.72 Å². The Morgan fingerprint density at radius 1 is 0.938 bits per heavy atom. The maximum Gasteiger partial charge on any atom is 0.326 e. The Bertz CT molecular complexity index is 2330. The Morgan fingerprint density at radius 3 is 2.33 bits per heavy atom. The van der Waals surface area contributed by atoms with E-state index < -0.39 is 39.3 Å². The number of fused-ring (bicyclic) bond motifs is 1. The van der Waals surface area contributed by atoms with E-state index in [0.29, 0.717) is 33.3 Å². The maximum absolute atomic E-state index is 15.0. The van der Waals surface area contributed by atoms with E-state index in [4.69, 9.17) is 0 Å². The summed E-state index contributed by atoms with van der Waals surface area (Å²) in [4.78, 5) is 53.7. The molecular formula is C32H25FN8O6S. The van der Waals surface area contributed by atoms with E-state index in [1.165, 1.54) is 41.6 Å². The average molecular weight is 669 g/mol. The van der Waals surface area contributed by atoms with Gasteiger partial charge in [0, 0.05) is 49.4 Å². The number of halogens is 1. The van der Waals surface area contributed by atoms with Crippen LogP contribution in [-0.2, 0) is 28.3 Å². The normalized spacial score (nSPS) is 12.0. The molecule has 0 aliphatic carbocycles. The van der Waals surface area contributed by atoms with Crippen molar-refractivity contribution in [1.29, 1.82) is 0 Å². The van der Waals surface area contributed by atoms with E-state index in [-0.39, 0.29) is 22.7 Å². The molecule has 0 fully saturated rings. The highest BCUT2D eigenvalue weighted by Crippen LogP contribution is 2.22. The van der Waals surface area contributed by atoms with Gasteiger partial charge in [-0.2, -0.15) is 8.42 Å². The first-order valence-electron chi connectivity index (χ1n) is 14.2. The smallest absolute Gasteiger partial charge is 0.326 e. The molecule has 6 aromatic rings. The number of nitrogens with one attached hydrogen (secondary N) is 2. The van der Waals surface area contributed by atoms with Crippen LogP contribution in [0.2, 0.25) is 0 Å². The molecule has 0 bridgehead atoms. The predicted octanol–water partition coefficient (Wildman–Crippen LogP) is 2.94. The molecule has 1 atom stereocenters. The Labute approximate surface area is 271 Å². The zero-order valence-electron chi connectivity index (χ0n) is 25.0. The third-order valence-electron chi connectivity index (χ3n) is 7.47. The van der Waals surface area contributed by atoms with Crippen molar-refractivity contribution in [1.82, 2.24) is 34.6 Å². The van der Waals surface area contributed by atoms with Crippen molar-refractivity contribution in [2.24, 2.45) is 7.05 Å². The van der Waals surface area contributed by atoms with Crippen LogP contribution in [0.5, 0.6) is 0 Å². The Hall–Kier alpha value is -6.29. The fraction of sp³-hybridized carbons (Fsp3) is 0.0938. The molecule has 16 heteroatoms. The number of rotatable bonds is 10. The van der Waals surface area contributed by atoms with Gasteiger partial charge in [0.05, 0.1) is 34.0 Å². The highest BCUT2D eigenvalue weighted by Gasteiger charge is 2.24. The number of aryl methyl sites for hydroxylation is 1. The number of aromatic nitrogens is 6. The maximum atomic E-state index is 15.0. The van der Waals surface area contributed by atoms with Gasteiger partial charge in [-0.1, -0.05) is 12.1 Å². The fourth-order valence-corrected chi connectivity index (χ4v) is 6.03. The highest BCUT2D eigenvalue weighted by molar-refractivity contribution is 7.92. The van der Waals surface area contributed by atoms with Crippen molar-refractivity contribution < 1.29 is 27.5 Å². The number of benzene rings is 2. The summed E-state index contributed by atoms with van der Waals surface area (Å²) in [7, 11) is -2.50. The van der Waals surface area contributed by atoms with Gasteiger partial charge in [0.1, 0.15) is 18.2 Å². The summed E-state index contributed by atoms with van der Waals surface area (Å²) in [6.45, 7) is 0. The molecule has 6 rings (SSSR count). The predicted molar refractivity (Wildman–Crippen MR) is 171 cm³/mol. The van der Waals surface area contributed by atoms with Crippen LogP contribution in [0.1, 0.15) is 15.9 Å². The van der Waals surface area contributed by atoms with Crippen molar-refractivity contribution >= 4 is 38.5 Å². The van der Waals surface area contributed by atoms with Gasteiger partial charge in [0.25, 0.3) is 21.5 Å². The number of carboxylic acids is 1. The quantitative estimate of drug-likeness (QED) is 0.196. The summed E-state index contributed by atoms with van der Waals surface area (Å²) in [5.41, 5.74) is 2.01. The molecule has 0 spiro atoms. The first-order chi connectivity index (χ1) is 23.0. The van der Waals surface area contributed by atoms with Crippen LogP contribution in [0.3, 0.4) is 0 Å². The number of nitrogens with zero attached hydrogens (tertiary/aromatic N) is 6. The second-order valence-corrected chi connectivity index (χ2v) is 12.2. The number of hydrogen-bond donors (Lipinski definition) is 3. The molecule has 0 aliphatic heterocycles. The number of hydrogen-bond acceptors (Lipinski definition) is 9. The molecule has 48 heavy (non-hydrogen) atoms. The van der Waals surface area contributed by atoms with Crippen LogP contribution in [0, 0.1) is 5.82 Å². The lowest BCUT2D eigenvalue weighted by molar-refractivity contribution is -0.139. The van der Waals surface area contributed by atoms with Gasteiger partial charge in [0.15, 0.2) is 5.03 Å². The van der Waals surface area contributed by atoms with E-state index in [1.54, 1.807) is 60.7 Å². The molecule has 3 N–H and O–H groups in total. The van der Waals surface area contributed by atoms with Gasteiger partial charge < -0.3 is 10.4 Å². The summed E-state index contributed by atoms with van der Waals surface area (Å²) in [6, 6.07) is 12.5. The third kappa shape index (κ3) is 6.36. The van der Waals surface area contributed by atoms with E-state index >= 15 is 4.39 Å². The van der Waals surface area contributed by atoms with Crippen molar-refractivity contribution in [2.45, 2.75) is 17.5 Å². The summed E-state index contributed by atoms with van der Waals surface area (Å²) >= 11 is 0. The largest absolute Gasteiger partial charge is 0.480 e. The van der Waals surface area contributed by atoms with E-state index in [9.17, 15) is 27.9 Å². The Morgan fingerprint density at radius 2 is 1.69 bits per heavy atom. The van der Waals surface area contributed by atoms with Crippen LogP contribution in [-0.4, -0.2) is 60.7 Å². The topological polar surface area (TPSA) is 191 Å². The van der Waals surface area contributed by atoms with Crippen LogP contribution < -0.4 is 15.6 Å². The summed E-state index contributed by atoms with van der Waals surface area (Å²) in [6.07, 6.45) is 8.75. The van der Waals surface area contributed by atoms with Gasteiger partial charge in [-0.15, -0.1) is 0 Å². The number of amides is 1. The van der Waals surface area contributed by atoms with Gasteiger partial charge in [-0.3, -0.25) is 24.0 Å². The second kappa shape index (κ2) is 12.8. The molecule has 0 saturated carbocycles.